The maximum Gasteiger partial charge on any atom is 0.119 e. The lowest BCUT2D eigenvalue weighted by molar-refractivity contribution is 0.0588. The van der Waals surface area contributed by atoms with E-state index in [1.807, 2.05) is 0 Å². The number of hydrogen-bond acceptors (Lipinski definition) is 4. The molecule has 1 saturated carbocycles. The summed E-state index contributed by atoms with van der Waals surface area (Å²) in [6, 6.07) is 7.59. The van der Waals surface area contributed by atoms with Crippen LogP contribution in [-0.4, -0.2) is 53.6 Å². The SMILES string of the molecule is OCCN(CC(O)COc1ccc(Cl)cc1)C1CC1. The molecular formula is C14H20ClNO3. The molecule has 106 valence electrons. The summed E-state index contributed by atoms with van der Waals surface area (Å²) in [6.07, 6.45) is 1.76. The molecule has 1 aliphatic carbocycles. The van der Waals surface area contributed by atoms with Gasteiger partial charge in [-0.2, -0.15) is 0 Å². The van der Waals surface area contributed by atoms with Crippen LogP contribution in [0.15, 0.2) is 24.3 Å². The van der Waals surface area contributed by atoms with E-state index in [0.29, 0.717) is 29.9 Å². The third-order valence-corrected chi connectivity index (χ3v) is 3.40. The summed E-state index contributed by atoms with van der Waals surface area (Å²) in [5, 5.41) is 19.6. The van der Waals surface area contributed by atoms with Crippen LogP contribution in [0.4, 0.5) is 0 Å². The lowest BCUT2D eigenvalue weighted by atomic mass is 10.3. The molecule has 1 atom stereocenters. The normalized spacial score (nSPS) is 16.6. The van der Waals surface area contributed by atoms with E-state index in [1.54, 1.807) is 24.3 Å². The summed E-state index contributed by atoms with van der Waals surface area (Å²) in [5.41, 5.74) is 0. The van der Waals surface area contributed by atoms with Crippen molar-refractivity contribution in [1.82, 2.24) is 4.90 Å². The number of rotatable bonds is 8. The first-order chi connectivity index (χ1) is 9.19. The average Bonchev–Trinajstić information content (AvgIpc) is 3.22. The van der Waals surface area contributed by atoms with Gasteiger partial charge in [0.1, 0.15) is 18.5 Å². The van der Waals surface area contributed by atoms with Gasteiger partial charge in [-0.25, -0.2) is 0 Å². The smallest absolute Gasteiger partial charge is 0.119 e. The number of nitrogens with zero attached hydrogens (tertiary/aromatic N) is 1. The van der Waals surface area contributed by atoms with Gasteiger partial charge in [-0.3, -0.25) is 4.90 Å². The molecule has 2 rings (SSSR count). The van der Waals surface area contributed by atoms with Crippen LogP contribution in [0.1, 0.15) is 12.8 Å². The Balaban J connectivity index is 1.73. The number of halogens is 1. The van der Waals surface area contributed by atoms with Crippen molar-refractivity contribution in [1.29, 1.82) is 0 Å². The zero-order valence-corrected chi connectivity index (χ0v) is 11.6. The maximum absolute atomic E-state index is 9.96. The van der Waals surface area contributed by atoms with Crippen molar-refractivity contribution < 1.29 is 14.9 Å². The molecule has 0 bridgehead atoms. The van der Waals surface area contributed by atoms with Crippen molar-refractivity contribution in [2.24, 2.45) is 0 Å². The Morgan fingerprint density at radius 1 is 1.32 bits per heavy atom. The van der Waals surface area contributed by atoms with Crippen LogP contribution in [0, 0.1) is 0 Å². The minimum absolute atomic E-state index is 0.126. The Hall–Kier alpha value is -0.810. The summed E-state index contributed by atoms with van der Waals surface area (Å²) < 4.78 is 5.50. The highest BCUT2D eigenvalue weighted by atomic mass is 35.5. The van der Waals surface area contributed by atoms with E-state index in [9.17, 15) is 5.11 Å². The van der Waals surface area contributed by atoms with Gasteiger partial charge < -0.3 is 14.9 Å². The second-order valence-corrected chi connectivity index (χ2v) is 5.30. The van der Waals surface area contributed by atoms with Crippen LogP contribution in [-0.2, 0) is 0 Å². The number of benzene rings is 1. The zero-order chi connectivity index (χ0) is 13.7. The molecule has 0 radical (unpaired) electrons. The second kappa shape index (κ2) is 7.10. The van der Waals surface area contributed by atoms with E-state index in [0.717, 1.165) is 12.8 Å². The molecule has 0 aliphatic heterocycles. The highest BCUT2D eigenvalue weighted by molar-refractivity contribution is 6.30. The third kappa shape index (κ3) is 4.99. The fourth-order valence-corrected chi connectivity index (χ4v) is 2.16. The first-order valence-electron chi connectivity index (χ1n) is 6.60. The first-order valence-corrected chi connectivity index (χ1v) is 6.98. The molecule has 0 spiro atoms. The molecule has 1 aromatic rings. The highest BCUT2D eigenvalue weighted by Gasteiger charge is 2.29. The summed E-state index contributed by atoms with van der Waals surface area (Å²) in [6.45, 7) is 1.53. The number of aliphatic hydroxyl groups is 2. The van der Waals surface area contributed by atoms with Crippen LogP contribution in [0.5, 0.6) is 5.75 Å². The predicted octanol–water partition coefficient (Wildman–Crippen LogP) is 1.54. The Bertz CT molecular complexity index is 381. The summed E-state index contributed by atoms with van der Waals surface area (Å²) in [4.78, 5) is 2.12. The molecule has 5 heteroatoms. The molecule has 0 aromatic heterocycles. The lowest BCUT2D eigenvalue weighted by Gasteiger charge is -2.24. The summed E-state index contributed by atoms with van der Waals surface area (Å²) in [7, 11) is 0. The Kier molecular flexibility index (Phi) is 5.45. The largest absolute Gasteiger partial charge is 0.491 e. The van der Waals surface area contributed by atoms with Gasteiger partial charge >= 0.3 is 0 Å². The Morgan fingerprint density at radius 2 is 2.00 bits per heavy atom. The average molecular weight is 286 g/mol. The van der Waals surface area contributed by atoms with Gasteiger partial charge in [0.05, 0.1) is 6.61 Å². The molecule has 0 heterocycles. The van der Waals surface area contributed by atoms with E-state index in [4.69, 9.17) is 21.4 Å². The van der Waals surface area contributed by atoms with Crippen molar-refractivity contribution >= 4 is 11.6 Å². The topological polar surface area (TPSA) is 52.9 Å². The highest BCUT2D eigenvalue weighted by Crippen LogP contribution is 2.26. The van der Waals surface area contributed by atoms with Crippen molar-refractivity contribution in [3.63, 3.8) is 0 Å². The molecule has 1 unspecified atom stereocenters. The van der Waals surface area contributed by atoms with Crippen LogP contribution in [0.3, 0.4) is 0 Å². The van der Waals surface area contributed by atoms with E-state index >= 15 is 0 Å². The van der Waals surface area contributed by atoms with Crippen LogP contribution < -0.4 is 4.74 Å². The lowest BCUT2D eigenvalue weighted by Crippen LogP contribution is -2.38. The van der Waals surface area contributed by atoms with E-state index in [-0.39, 0.29) is 13.2 Å². The fourth-order valence-electron chi connectivity index (χ4n) is 2.04. The molecule has 0 amide bonds. The first kappa shape index (κ1) is 14.6. The molecule has 1 aromatic carbocycles. The molecule has 19 heavy (non-hydrogen) atoms. The molecule has 2 N–H and O–H groups in total. The number of ether oxygens (including phenoxy) is 1. The standard InChI is InChI=1S/C14H20ClNO3/c15-11-1-5-14(6-2-11)19-10-13(18)9-16(7-8-17)12-3-4-12/h1-2,5-6,12-13,17-18H,3-4,7-10H2. The molecule has 0 saturated heterocycles. The van der Waals surface area contributed by atoms with Crippen molar-refractivity contribution in [2.75, 3.05) is 26.3 Å². The van der Waals surface area contributed by atoms with Crippen LogP contribution in [0.2, 0.25) is 5.02 Å². The Labute approximate surface area is 118 Å². The monoisotopic (exact) mass is 285 g/mol. The van der Waals surface area contributed by atoms with Gasteiger partial charge in [-0.15, -0.1) is 0 Å². The number of hydrogen-bond donors (Lipinski definition) is 2. The van der Waals surface area contributed by atoms with Crippen LogP contribution in [0.25, 0.3) is 0 Å². The van der Waals surface area contributed by atoms with E-state index < -0.39 is 6.10 Å². The third-order valence-electron chi connectivity index (χ3n) is 3.15. The zero-order valence-electron chi connectivity index (χ0n) is 10.8. The van der Waals surface area contributed by atoms with Gasteiger partial charge in [0.2, 0.25) is 0 Å². The molecular weight excluding hydrogens is 266 g/mol. The van der Waals surface area contributed by atoms with E-state index in [2.05, 4.69) is 4.90 Å². The second-order valence-electron chi connectivity index (χ2n) is 4.87. The van der Waals surface area contributed by atoms with Crippen molar-refractivity contribution in [2.45, 2.75) is 25.0 Å². The van der Waals surface area contributed by atoms with Gasteiger partial charge in [0.25, 0.3) is 0 Å². The summed E-state index contributed by atoms with van der Waals surface area (Å²) in [5.74, 6) is 0.698. The molecule has 1 fully saturated rings. The van der Waals surface area contributed by atoms with Gasteiger partial charge in [0.15, 0.2) is 0 Å². The quantitative estimate of drug-likeness (QED) is 0.761. The van der Waals surface area contributed by atoms with E-state index in [1.165, 1.54) is 0 Å². The Morgan fingerprint density at radius 3 is 2.58 bits per heavy atom. The summed E-state index contributed by atoms with van der Waals surface area (Å²) >= 11 is 5.78. The minimum atomic E-state index is -0.553. The van der Waals surface area contributed by atoms with Crippen molar-refractivity contribution in [3.8, 4) is 5.75 Å². The molecule has 4 nitrogen and oxygen atoms in total. The van der Waals surface area contributed by atoms with Gasteiger partial charge in [-0.1, -0.05) is 11.6 Å². The molecule has 1 aliphatic rings. The number of aliphatic hydroxyl groups excluding tert-OH is 2. The minimum Gasteiger partial charge on any atom is -0.491 e. The predicted molar refractivity (Wildman–Crippen MR) is 74.6 cm³/mol. The van der Waals surface area contributed by atoms with Crippen LogP contribution >= 0.6 is 11.6 Å². The van der Waals surface area contributed by atoms with Gasteiger partial charge in [-0.05, 0) is 37.1 Å². The fraction of sp³-hybridized carbons (Fsp3) is 0.571. The van der Waals surface area contributed by atoms with Gasteiger partial charge in [0, 0.05) is 24.2 Å². The maximum atomic E-state index is 9.96. The van der Waals surface area contributed by atoms with Crippen molar-refractivity contribution in [3.05, 3.63) is 29.3 Å².